The number of aromatic nitrogens is 1. The van der Waals surface area contributed by atoms with Gasteiger partial charge in [-0.1, -0.05) is 17.4 Å². The lowest BCUT2D eigenvalue weighted by molar-refractivity contribution is -0.115. The molecule has 0 bridgehead atoms. The van der Waals surface area contributed by atoms with Crippen LogP contribution in [0.2, 0.25) is 0 Å². The number of nitrogen functional groups attached to an aromatic ring is 1. The highest BCUT2D eigenvalue weighted by molar-refractivity contribution is 9.11. The zero-order valence-electron chi connectivity index (χ0n) is 13.0. The molecule has 1 aromatic carbocycles. The maximum Gasteiger partial charge on any atom is 0.256 e. The maximum absolute atomic E-state index is 12.5. The third-order valence-corrected chi connectivity index (χ3v) is 5.54. The third-order valence-electron chi connectivity index (χ3n) is 3.49. The van der Waals surface area contributed by atoms with Crippen LogP contribution in [0.5, 0.6) is 5.75 Å². The number of anilines is 1. The van der Waals surface area contributed by atoms with Crippen LogP contribution >= 0.6 is 43.2 Å². The van der Waals surface area contributed by atoms with Crippen molar-refractivity contribution in [1.82, 2.24) is 10.3 Å². The van der Waals surface area contributed by atoms with Crippen molar-refractivity contribution >= 4 is 65.9 Å². The van der Waals surface area contributed by atoms with Gasteiger partial charge in [0.15, 0.2) is 5.13 Å². The Balaban J connectivity index is 2.17. The molecule has 0 atom stereocenters. The number of nitrogens with one attached hydrogen (secondary N) is 1. The van der Waals surface area contributed by atoms with Crippen molar-refractivity contribution in [3.8, 4) is 5.75 Å². The third kappa shape index (κ3) is 3.56. The smallest absolute Gasteiger partial charge is 0.256 e. The quantitative estimate of drug-likeness (QED) is 0.563. The number of rotatable bonds is 3. The number of nitrogens with two attached hydrogens (primary N) is 1. The highest BCUT2D eigenvalue weighted by Gasteiger charge is 2.28. The number of phenolic OH excluding ortho intramolecular Hbond substituents is 1. The van der Waals surface area contributed by atoms with E-state index in [1.54, 1.807) is 24.4 Å². The number of thiazole rings is 1. The summed E-state index contributed by atoms with van der Waals surface area (Å²) in [4.78, 5) is 17.4. The van der Waals surface area contributed by atoms with Crippen molar-refractivity contribution < 1.29 is 9.90 Å². The van der Waals surface area contributed by atoms with Gasteiger partial charge in [-0.2, -0.15) is 0 Å². The standard InChI is InChI=1S/C17H13Br2N3O2S/c1-2-3-12-14(13-7-21-17(20)25-13)9(16(24)22-12)4-8-5-10(18)15(23)11(19)6-8/h2-7,23H,1H3,(H2,20,21)(H,22,24)/b3-2-,9-4-. The monoisotopic (exact) mass is 481 g/mol. The van der Waals surface area contributed by atoms with E-state index in [-0.39, 0.29) is 11.7 Å². The van der Waals surface area contributed by atoms with Gasteiger partial charge >= 0.3 is 0 Å². The molecule has 2 aromatic rings. The van der Waals surface area contributed by atoms with E-state index in [1.807, 2.05) is 19.1 Å². The van der Waals surface area contributed by atoms with Crippen LogP contribution in [-0.4, -0.2) is 16.0 Å². The average molecular weight is 483 g/mol. The molecule has 128 valence electrons. The van der Waals surface area contributed by atoms with E-state index in [1.165, 1.54) is 11.3 Å². The fourth-order valence-corrected chi connectivity index (χ4v) is 4.42. The lowest BCUT2D eigenvalue weighted by Crippen LogP contribution is -2.15. The van der Waals surface area contributed by atoms with Crippen molar-refractivity contribution in [3.63, 3.8) is 0 Å². The second-order valence-electron chi connectivity index (χ2n) is 5.20. The first-order chi connectivity index (χ1) is 11.9. The zero-order valence-corrected chi connectivity index (χ0v) is 17.0. The van der Waals surface area contributed by atoms with Crippen LogP contribution in [0.25, 0.3) is 11.6 Å². The summed E-state index contributed by atoms with van der Waals surface area (Å²) in [7, 11) is 0. The van der Waals surface area contributed by atoms with Crippen LogP contribution in [0.4, 0.5) is 5.13 Å². The highest BCUT2D eigenvalue weighted by Crippen LogP contribution is 2.38. The molecule has 3 rings (SSSR count). The molecule has 1 amide bonds. The van der Waals surface area contributed by atoms with Crippen molar-refractivity contribution in [2.45, 2.75) is 6.92 Å². The molecular weight excluding hydrogens is 470 g/mol. The topological polar surface area (TPSA) is 88.2 Å². The summed E-state index contributed by atoms with van der Waals surface area (Å²) in [6.45, 7) is 1.88. The summed E-state index contributed by atoms with van der Waals surface area (Å²) in [5.41, 5.74) is 8.50. The average Bonchev–Trinajstić information content (AvgIpc) is 3.09. The molecule has 1 aliphatic rings. The SMILES string of the molecule is C/C=C\C1=C(c2cnc(N)s2)C(=C/c2cc(Br)c(O)c(Br)c2)/C(=O)N1. The van der Waals surface area contributed by atoms with Gasteiger partial charge in [0.2, 0.25) is 0 Å². The molecule has 0 radical (unpaired) electrons. The Morgan fingerprint density at radius 1 is 1.32 bits per heavy atom. The van der Waals surface area contributed by atoms with Crippen molar-refractivity contribution in [3.05, 3.63) is 61.1 Å². The largest absolute Gasteiger partial charge is 0.506 e. The molecule has 1 aromatic heterocycles. The summed E-state index contributed by atoms with van der Waals surface area (Å²) >= 11 is 7.93. The highest BCUT2D eigenvalue weighted by atomic mass is 79.9. The van der Waals surface area contributed by atoms with Crippen LogP contribution in [0.1, 0.15) is 17.4 Å². The molecule has 8 heteroatoms. The first-order valence-electron chi connectivity index (χ1n) is 7.20. The number of aromatic hydroxyl groups is 1. The molecule has 5 nitrogen and oxygen atoms in total. The molecule has 2 heterocycles. The predicted molar refractivity (Wildman–Crippen MR) is 108 cm³/mol. The number of amides is 1. The van der Waals surface area contributed by atoms with E-state index in [0.717, 1.165) is 16.0 Å². The Kier molecular flexibility index (Phi) is 5.12. The number of hydrogen-bond donors (Lipinski definition) is 3. The summed E-state index contributed by atoms with van der Waals surface area (Å²) in [5.74, 6) is -0.0889. The second-order valence-corrected chi connectivity index (χ2v) is 7.97. The molecule has 0 aliphatic carbocycles. The van der Waals surface area contributed by atoms with Gasteiger partial charge in [0.25, 0.3) is 5.91 Å². The van der Waals surface area contributed by atoms with Crippen molar-refractivity contribution in [1.29, 1.82) is 0 Å². The zero-order chi connectivity index (χ0) is 18.1. The van der Waals surface area contributed by atoms with Gasteiger partial charge in [0.05, 0.1) is 25.1 Å². The van der Waals surface area contributed by atoms with E-state index in [0.29, 0.717) is 25.3 Å². The molecule has 0 saturated carbocycles. The van der Waals surface area contributed by atoms with Crippen LogP contribution < -0.4 is 11.1 Å². The molecule has 0 spiro atoms. The molecular formula is C17H13Br2N3O2S. The number of benzene rings is 1. The van der Waals surface area contributed by atoms with Crippen molar-refractivity contribution in [2.24, 2.45) is 0 Å². The van der Waals surface area contributed by atoms with E-state index in [4.69, 9.17) is 5.73 Å². The Hall–Kier alpha value is -1.90. The summed E-state index contributed by atoms with van der Waals surface area (Å²) in [6, 6.07) is 3.49. The van der Waals surface area contributed by atoms with Crippen LogP contribution in [0.15, 0.2) is 50.7 Å². The second kappa shape index (κ2) is 7.15. The molecule has 1 aliphatic heterocycles. The van der Waals surface area contributed by atoms with Crippen LogP contribution in [-0.2, 0) is 4.79 Å². The van der Waals surface area contributed by atoms with E-state index in [2.05, 4.69) is 42.2 Å². The summed E-state index contributed by atoms with van der Waals surface area (Å²) in [6.07, 6.45) is 7.13. The van der Waals surface area contributed by atoms with Gasteiger partial charge in [-0.25, -0.2) is 4.98 Å². The maximum atomic E-state index is 12.5. The minimum Gasteiger partial charge on any atom is -0.506 e. The molecule has 0 fully saturated rings. The van der Waals surface area contributed by atoms with E-state index < -0.39 is 0 Å². The van der Waals surface area contributed by atoms with Crippen LogP contribution in [0, 0.1) is 0 Å². The van der Waals surface area contributed by atoms with Gasteiger partial charge in [0.1, 0.15) is 5.75 Å². The Morgan fingerprint density at radius 2 is 2.00 bits per heavy atom. The lowest BCUT2D eigenvalue weighted by Gasteiger charge is -2.05. The number of carbonyl (C=O) groups is 1. The minimum atomic E-state index is -0.199. The Labute approximate surface area is 165 Å². The number of carbonyl (C=O) groups excluding carboxylic acids is 1. The number of halogens is 2. The Bertz CT molecular complexity index is 938. The van der Waals surface area contributed by atoms with Gasteiger partial charge < -0.3 is 16.2 Å². The number of hydrogen-bond acceptors (Lipinski definition) is 5. The molecule has 4 N–H and O–H groups in total. The first kappa shape index (κ1) is 17.9. The Morgan fingerprint density at radius 3 is 2.56 bits per heavy atom. The van der Waals surface area contributed by atoms with Gasteiger partial charge in [-0.3, -0.25) is 4.79 Å². The minimum absolute atomic E-state index is 0.110. The lowest BCUT2D eigenvalue weighted by atomic mass is 10.0. The fraction of sp³-hybridized carbons (Fsp3) is 0.0588. The molecule has 0 saturated heterocycles. The van der Waals surface area contributed by atoms with E-state index >= 15 is 0 Å². The normalized spacial score (nSPS) is 16.3. The number of nitrogens with zero attached hydrogens (tertiary/aromatic N) is 1. The number of phenols is 1. The molecule has 0 unspecified atom stereocenters. The van der Waals surface area contributed by atoms with Crippen LogP contribution in [0.3, 0.4) is 0 Å². The van der Waals surface area contributed by atoms with Gasteiger partial charge in [-0.05, 0) is 68.6 Å². The molecule has 25 heavy (non-hydrogen) atoms. The van der Waals surface area contributed by atoms with Gasteiger partial charge in [-0.15, -0.1) is 0 Å². The first-order valence-corrected chi connectivity index (χ1v) is 9.61. The predicted octanol–water partition coefficient (Wildman–Crippen LogP) is 4.46. The number of allylic oxidation sites excluding steroid dienone is 2. The summed E-state index contributed by atoms with van der Waals surface area (Å²) in [5, 5.41) is 13.2. The van der Waals surface area contributed by atoms with E-state index in [9.17, 15) is 9.90 Å². The van der Waals surface area contributed by atoms with Gasteiger partial charge in [0, 0.05) is 11.8 Å². The fourth-order valence-electron chi connectivity index (χ4n) is 2.44. The van der Waals surface area contributed by atoms with Crippen molar-refractivity contribution in [2.75, 3.05) is 5.73 Å². The summed E-state index contributed by atoms with van der Waals surface area (Å²) < 4.78 is 1.07.